The van der Waals surface area contributed by atoms with Gasteiger partial charge in [0.1, 0.15) is 0 Å². The fraction of sp³-hybridized carbons (Fsp3) is 0.333. The maximum absolute atomic E-state index is 11.4. The van der Waals surface area contributed by atoms with Crippen LogP contribution in [0.3, 0.4) is 0 Å². The molecule has 0 amide bonds. The minimum absolute atomic E-state index is 0.327. The zero-order chi connectivity index (χ0) is 16.1. The summed E-state index contributed by atoms with van der Waals surface area (Å²) in [5.74, 6) is 6.87. The van der Waals surface area contributed by atoms with Gasteiger partial charge in [0, 0.05) is 23.6 Å². The Balaban J connectivity index is 1.97. The molecule has 2 aromatic carbocycles. The van der Waals surface area contributed by atoms with Gasteiger partial charge in [-0.2, -0.15) is 0 Å². The lowest BCUT2D eigenvalue weighted by Crippen LogP contribution is -2.32. The predicted octanol–water partition coefficient (Wildman–Crippen LogP) is 3.27. The Kier molecular flexibility index (Phi) is 4.81. The average molecular weight is 305 g/mol. The van der Waals surface area contributed by atoms with Crippen LogP contribution in [0.15, 0.2) is 60.7 Å². The van der Waals surface area contributed by atoms with Crippen molar-refractivity contribution in [3.63, 3.8) is 0 Å². The van der Waals surface area contributed by atoms with Crippen LogP contribution in [-0.2, 0) is 5.60 Å². The Hall–Kier alpha value is -2.08. The van der Waals surface area contributed by atoms with Crippen molar-refractivity contribution in [1.82, 2.24) is 4.90 Å². The molecule has 2 aromatic rings. The fourth-order valence-electron chi connectivity index (χ4n) is 3.16. The van der Waals surface area contributed by atoms with Crippen LogP contribution in [0.4, 0.5) is 0 Å². The maximum Gasteiger partial charge on any atom is 0.176 e. The van der Waals surface area contributed by atoms with E-state index in [-0.39, 0.29) is 0 Å². The van der Waals surface area contributed by atoms with Gasteiger partial charge in [0.15, 0.2) is 5.60 Å². The molecule has 23 heavy (non-hydrogen) atoms. The summed E-state index contributed by atoms with van der Waals surface area (Å²) in [6.07, 6.45) is 2.28. The molecule has 1 heterocycles. The normalized spacial score (nSPS) is 19.0. The summed E-state index contributed by atoms with van der Waals surface area (Å²) < 4.78 is 0. The number of rotatable bonds is 2. The van der Waals surface area contributed by atoms with Gasteiger partial charge in [-0.3, -0.25) is 0 Å². The molecule has 2 nitrogen and oxygen atoms in total. The van der Waals surface area contributed by atoms with Crippen molar-refractivity contribution in [2.45, 2.75) is 18.4 Å². The van der Waals surface area contributed by atoms with E-state index in [2.05, 4.69) is 23.8 Å². The summed E-state index contributed by atoms with van der Waals surface area (Å²) in [5.41, 5.74) is 0.393. The van der Waals surface area contributed by atoms with Crippen molar-refractivity contribution in [3.8, 4) is 11.8 Å². The van der Waals surface area contributed by atoms with Crippen LogP contribution >= 0.6 is 0 Å². The third-order valence-electron chi connectivity index (χ3n) is 4.46. The molecule has 2 heteroatoms. The van der Waals surface area contributed by atoms with E-state index in [0.717, 1.165) is 30.6 Å². The molecule has 118 valence electrons. The van der Waals surface area contributed by atoms with Crippen LogP contribution in [0.1, 0.15) is 24.0 Å². The number of benzene rings is 2. The zero-order valence-corrected chi connectivity index (χ0v) is 13.6. The molecular weight excluding hydrogens is 282 g/mol. The Labute approximate surface area is 138 Å². The lowest BCUT2D eigenvalue weighted by atomic mass is 9.86. The van der Waals surface area contributed by atoms with Crippen molar-refractivity contribution in [2.75, 3.05) is 20.1 Å². The molecule has 1 aliphatic rings. The third-order valence-corrected chi connectivity index (χ3v) is 4.46. The van der Waals surface area contributed by atoms with Crippen molar-refractivity contribution in [2.24, 2.45) is 5.92 Å². The molecule has 0 saturated carbocycles. The first kappa shape index (κ1) is 15.8. The molecule has 0 bridgehead atoms. The second-order valence-electron chi connectivity index (χ2n) is 6.31. The molecule has 0 aliphatic carbocycles. The van der Waals surface area contributed by atoms with Gasteiger partial charge in [-0.05, 0) is 26.4 Å². The molecule has 1 atom stereocenters. The van der Waals surface area contributed by atoms with Gasteiger partial charge >= 0.3 is 0 Å². The summed E-state index contributed by atoms with van der Waals surface area (Å²) in [6.45, 7) is 2.12. The van der Waals surface area contributed by atoms with E-state index in [1.165, 1.54) is 6.42 Å². The molecule has 0 aromatic heterocycles. The lowest BCUT2D eigenvalue weighted by molar-refractivity contribution is 0.144. The quantitative estimate of drug-likeness (QED) is 0.861. The predicted molar refractivity (Wildman–Crippen MR) is 93.9 cm³/mol. The van der Waals surface area contributed by atoms with Crippen LogP contribution in [0.5, 0.6) is 0 Å². The molecule has 1 saturated heterocycles. The molecule has 0 spiro atoms. The minimum atomic E-state index is -1.25. The van der Waals surface area contributed by atoms with E-state index < -0.39 is 5.60 Å². The highest BCUT2D eigenvalue weighted by molar-refractivity contribution is 5.44. The number of hydrogen-bond acceptors (Lipinski definition) is 2. The highest BCUT2D eigenvalue weighted by atomic mass is 16.3. The Morgan fingerprint density at radius 1 is 1.00 bits per heavy atom. The van der Waals surface area contributed by atoms with E-state index >= 15 is 0 Å². The summed E-state index contributed by atoms with van der Waals surface area (Å²) in [6, 6.07) is 19.4. The van der Waals surface area contributed by atoms with Crippen LogP contribution in [0.25, 0.3) is 0 Å². The summed E-state index contributed by atoms with van der Waals surface area (Å²) >= 11 is 0. The highest BCUT2D eigenvalue weighted by Crippen LogP contribution is 2.29. The largest absolute Gasteiger partial charge is 0.369 e. The Morgan fingerprint density at radius 2 is 1.57 bits per heavy atom. The summed E-state index contributed by atoms with van der Waals surface area (Å²) in [5, 5.41) is 11.4. The molecule has 1 fully saturated rings. The number of likely N-dealkylation sites (tertiary alicyclic amines) is 1. The van der Waals surface area contributed by atoms with E-state index in [9.17, 15) is 5.11 Å². The van der Waals surface area contributed by atoms with Gasteiger partial charge in [-0.25, -0.2) is 0 Å². The van der Waals surface area contributed by atoms with Crippen molar-refractivity contribution in [3.05, 3.63) is 71.8 Å². The second-order valence-corrected chi connectivity index (χ2v) is 6.31. The molecule has 0 unspecified atom stereocenters. The maximum atomic E-state index is 11.4. The number of hydrogen-bond donors (Lipinski definition) is 1. The van der Waals surface area contributed by atoms with E-state index in [0.29, 0.717) is 5.92 Å². The average Bonchev–Trinajstić information content (AvgIpc) is 2.61. The first-order chi connectivity index (χ1) is 11.2. The van der Waals surface area contributed by atoms with Gasteiger partial charge in [-0.15, -0.1) is 0 Å². The van der Waals surface area contributed by atoms with Gasteiger partial charge in [0.2, 0.25) is 0 Å². The van der Waals surface area contributed by atoms with E-state index in [1.54, 1.807) is 0 Å². The zero-order valence-electron chi connectivity index (χ0n) is 13.6. The van der Waals surface area contributed by atoms with Gasteiger partial charge in [0.25, 0.3) is 0 Å². The highest BCUT2D eigenvalue weighted by Gasteiger charge is 2.29. The molecule has 3 rings (SSSR count). The molecule has 1 aliphatic heterocycles. The van der Waals surface area contributed by atoms with Gasteiger partial charge < -0.3 is 10.0 Å². The Morgan fingerprint density at radius 3 is 2.09 bits per heavy atom. The van der Waals surface area contributed by atoms with Crippen LogP contribution < -0.4 is 0 Å². The molecular formula is C21H23NO. The molecule has 1 N–H and O–H groups in total. The van der Waals surface area contributed by atoms with Crippen molar-refractivity contribution < 1.29 is 5.11 Å². The number of aliphatic hydroxyl groups is 1. The van der Waals surface area contributed by atoms with Gasteiger partial charge in [0.05, 0.1) is 0 Å². The van der Waals surface area contributed by atoms with Crippen LogP contribution in [0.2, 0.25) is 0 Å². The lowest BCUT2D eigenvalue weighted by Gasteiger charge is -2.27. The monoisotopic (exact) mass is 305 g/mol. The standard InChI is InChI=1S/C21H23NO/c1-22-16-8-9-18(17-22)14-15-21(23,19-10-4-2-5-11-19)20-12-6-3-7-13-20/h2-7,10-13,18,23H,8-9,16-17H2,1H3/t18-/m1/s1. The van der Waals surface area contributed by atoms with Gasteiger partial charge in [-0.1, -0.05) is 72.5 Å². The van der Waals surface area contributed by atoms with Crippen molar-refractivity contribution in [1.29, 1.82) is 0 Å². The SMILES string of the molecule is CN1CCC[C@H](C#CC(O)(c2ccccc2)c2ccccc2)C1. The van der Waals surface area contributed by atoms with Crippen molar-refractivity contribution >= 4 is 0 Å². The second kappa shape index (κ2) is 7.00. The first-order valence-corrected chi connectivity index (χ1v) is 8.23. The fourth-order valence-corrected chi connectivity index (χ4v) is 3.16. The summed E-state index contributed by atoms with van der Waals surface area (Å²) in [4.78, 5) is 2.31. The number of nitrogens with zero attached hydrogens (tertiary/aromatic N) is 1. The third kappa shape index (κ3) is 3.64. The van der Waals surface area contributed by atoms with Crippen LogP contribution in [-0.4, -0.2) is 30.1 Å². The summed E-state index contributed by atoms with van der Waals surface area (Å²) in [7, 11) is 2.13. The minimum Gasteiger partial charge on any atom is -0.369 e. The smallest absolute Gasteiger partial charge is 0.176 e. The Bertz CT molecular complexity index is 645. The molecule has 0 radical (unpaired) electrons. The van der Waals surface area contributed by atoms with Crippen LogP contribution in [0, 0.1) is 17.8 Å². The van der Waals surface area contributed by atoms with E-state index in [1.807, 2.05) is 60.7 Å². The first-order valence-electron chi connectivity index (χ1n) is 8.23. The topological polar surface area (TPSA) is 23.5 Å². The number of piperidine rings is 1. The van der Waals surface area contributed by atoms with E-state index in [4.69, 9.17) is 0 Å².